The molecule has 5 rings (SSSR count). The van der Waals surface area contributed by atoms with E-state index in [0.717, 1.165) is 55.1 Å². The van der Waals surface area contributed by atoms with Gasteiger partial charge in [-0.05, 0) is 60.6 Å². The molecular formula is C28H26F3N5O2. The smallest absolute Gasteiger partial charge is 0.416 e. The number of halogens is 3. The molecule has 1 aromatic heterocycles. The van der Waals surface area contributed by atoms with Gasteiger partial charge in [0.15, 0.2) is 0 Å². The molecule has 196 valence electrons. The van der Waals surface area contributed by atoms with Gasteiger partial charge in [-0.3, -0.25) is 0 Å². The number of benzene rings is 3. The summed E-state index contributed by atoms with van der Waals surface area (Å²) in [4.78, 5) is 17.1. The maximum atomic E-state index is 12.9. The number of carbonyl (C=O) groups is 1. The summed E-state index contributed by atoms with van der Waals surface area (Å²) >= 11 is 0. The summed E-state index contributed by atoms with van der Waals surface area (Å²) in [6.07, 6.45) is -2.80. The molecule has 4 aromatic rings. The Bertz CT molecular complexity index is 1420. The highest BCUT2D eigenvalue weighted by Crippen LogP contribution is 2.31. The summed E-state index contributed by atoms with van der Waals surface area (Å²) in [5, 5.41) is 8.29. The molecule has 0 unspecified atom stereocenters. The van der Waals surface area contributed by atoms with Crippen LogP contribution in [0.3, 0.4) is 0 Å². The van der Waals surface area contributed by atoms with Crippen LogP contribution in [0.15, 0.2) is 72.9 Å². The Morgan fingerprint density at radius 2 is 1.50 bits per heavy atom. The van der Waals surface area contributed by atoms with Gasteiger partial charge < -0.3 is 14.5 Å². The van der Waals surface area contributed by atoms with Crippen molar-refractivity contribution in [3.63, 3.8) is 0 Å². The number of likely N-dealkylation sites (N-methyl/N-ethyl adjacent to an activating group) is 1. The van der Waals surface area contributed by atoms with E-state index in [1.165, 1.54) is 23.9 Å². The fourth-order valence-corrected chi connectivity index (χ4v) is 4.43. The van der Waals surface area contributed by atoms with Crippen molar-refractivity contribution >= 4 is 11.7 Å². The molecule has 7 nitrogen and oxygen atoms in total. The summed E-state index contributed by atoms with van der Waals surface area (Å²) in [7, 11) is 3.44. The minimum Gasteiger partial charge on any atom is -0.465 e. The molecule has 0 amide bonds. The zero-order valence-corrected chi connectivity index (χ0v) is 20.9. The molecule has 2 heterocycles. The Hall–Kier alpha value is -4.18. The van der Waals surface area contributed by atoms with Crippen LogP contribution in [0.25, 0.3) is 28.1 Å². The van der Waals surface area contributed by atoms with E-state index in [0.29, 0.717) is 22.5 Å². The Labute approximate surface area is 218 Å². The van der Waals surface area contributed by atoms with Crippen LogP contribution in [0, 0.1) is 0 Å². The van der Waals surface area contributed by atoms with Crippen molar-refractivity contribution < 1.29 is 22.7 Å². The number of methoxy groups -OCH3 is 1. The average Bonchev–Trinajstić information content (AvgIpc) is 3.43. The monoisotopic (exact) mass is 521 g/mol. The van der Waals surface area contributed by atoms with Gasteiger partial charge in [-0.1, -0.05) is 29.5 Å². The molecule has 0 radical (unpaired) electrons. The molecule has 0 N–H and O–H groups in total. The normalized spacial score (nSPS) is 14.5. The largest absolute Gasteiger partial charge is 0.465 e. The molecule has 1 fully saturated rings. The number of rotatable bonds is 5. The Balaban J connectivity index is 1.45. The molecular weight excluding hydrogens is 495 g/mol. The SMILES string of the molecule is COC(=O)c1cc(-c2ccc(N3CCN(C)CC3)cc2)cc(-n2cc(-c3ccc(C(F)(F)F)cc3)nn2)c1. The second kappa shape index (κ2) is 10.3. The molecule has 0 aliphatic carbocycles. The van der Waals surface area contributed by atoms with E-state index >= 15 is 0 Å². The van der Waals surface area contributed by atoms with Crippen molar-refractivity contribution in [1.29, 1.82) is 0 Å². The number of aromatic nitrogens is 3. The molecule has 1 aliphatic heterocycles. The van der Waals surface area contributed by atoms with Gasteiger partial charge in [0.05, 0.1) is 30.1 Å². The van der Waals surface area contributed by atoms with Gasteiger partial charge in [-0.25, -0.2) is 9.48 Å². The number of piperazine rings is 1. The number of nitrogens with zero attached hydrogens (tertiary/aromatic N) is 5. The maximum Gasteiger partial charge on any atom is 0.416 e. The minimum atomic E-state index is -4.41. The Morgan fingerprint density at radius 1 is 0.842 bits per heavy atom. The first-order chi connectivity index (χ1) is 18.2. The first-order valence-corrected chi connectivity index (χ1v) is 12.1. The highest BCUT2D eigenvalue weighted by atomic mass is 19.4. The fourth-order valence-electron chi connectivity index (χ4n) is 4.43. The van der Waals surface area contributed by atoms with Gasteiger partial charge in [-0.15, -0.1) is 5.10 Å². The third-order valence-corrected chi connectivity index (χ3v) is 6.67. The van der Waals surface area contributed by atoms with Crippen molar-refractivity contribution in [3.05, 3.63) is 84.1 Å². The predicted molar refractivity (Wildman–Crippen MR) is 138 cm³/mol. The molecule has 38 heavy (non-hydrogen) atoms. The number of ether oxygens (including phenoxy) is 1. The lowest BCUT2D eigenvalue weighted by molar-refractivity contribution is -0.137. The molecule has 0 saturated carbocycles. The molecule has 3 aromatic carbocycles. The highest BCUT2D eigenvalue weighted by molar-refractivity contribution is 5.92. The number of hydrogen-bond donors (Lipinski definition) is 0. The first kappa shape index (κ1) is 25.5. The van der Waals surface area contributed by atoms with Crippen LogP contribution < -0.4 is 4.90 Å². The van der Waals surface area contributed by atoms with Gasteiger partial charge >= 0.3 is 12.1 Å². The van der Waals surface area contributed by atoms with Crippen molar-refractivity contribution in [1.82, 2.24) is 19.9 Å². The van der Waals surface area contributed by atoms with E-state index in [4.69, 9.17) is 4.74 Å². The lowest BCUT2D eigenvalue weighted by Gasteiger charge is -2.34. The number of carbonyl (C=O) groups excluding carboxylic acids is 1. The zero-order valence-electron chi connectivity index (χ0n) is 20.9. The van der Waals surface area contributed by atoms with Crippen LogP contribution in [0.5, 0.6) is 0 Å². The first-order valence-electron chi connectivity index (χ1n) is 12.1. The van der Waals surface area contributed by atoms with Crippen molar-refractivity contribution in [2.24, 2.45) is 0 Å². The van der Waals surface area contributed by atoms with Crippen LogP contribution in [0.4, 0.5) is 18.9 Å². The molecule has 1 saturated heterocycles. The van der Waals surface area contributed by atoms with E-state index in [-0.39, 0.29) is 0 Å². The van der Waals surface area contributed by atoms with E-state index < -0.39 is 17.7 Å². The van der Waals surface area contributed by atoms with E-state index in [2.05, 4.69) is 39.3 Å². The minimum absolute atomic E-state index is 0.342. The zero-order chi connectivity index (χ0) is 26.9. The van der Waals surface area contributed by atoms with Crippen molar-refractivity contribution in [3.8, 4) is 28.1 Å². The third-order valence-electron chi connectivity index (χ3n) is 6.67. The van der Waals surface area contributed by atoms with Crippen LogP contribution >= 0.6 is 0 Å². The third kappa shape index (κ3) is 5.40. The van der Waals surface area contributed by atoms with Crippen LogP contribution in [-0.2, 0) is 10.9 Å². The number of alkyl halides is 3. The summed E-state index contributed by atoms with van der Waals surface area (Å²) in [6, 6.07) is 18.2. The van der Waals surface area contributed by atoms with E-state index in [9.17, 15) is 18.0 Å². The maximum absolute atomic E-state index is 12.9. The van der Waals surface area contributed by atoms with Crippen LogP contribution in [-0.4, -0.2) is 66.2 Å². The lowest BCUT2D eigenvalue weighted by Crippen LogP contribution is -2.44. The topological polar surface area (TPSA) is 63.5 Å². The van der Waals surface area contributed by atoms with Crippen molar-refractivity contribution in [2.75, 3.05) is 45.2 Å². The number of hydrogen-bond acceptors (Lipinski definition) is 6. The summed E-state index contributed by atoms with van der Waals surface area (Å²) < 4.78 is 45.2. The summed E-state index contributed by atoms with van der Waals surface area (Å²) in [5.41, 5.74) is 3.92. The number of esters is 1. The standard InChI is InChI=1S/C28H26F3N5O2/c1-34-11-13-35(14-12-34)24-9-5-19(6-10-24)21-15-22(27(37)38-2)17-25(16-21)36-18-26(32-33-36)20-3-7-23(8-4-20)28(29,30)31/h3-10,15-18H,11-14H2,1-2H3. The van der Waals surface area contributed by atoms with Gasteiger partial charge in [0.25, 0.3) is 0 Å². The van der Waals surface area contributed by atoms with Gasteiger partial charge in [0.2, 0.25) is 0 Å². The van der Waals surface area contributed by atoms with Crippen molar-refractivity contribution in [2.45, 2.75) is 6.18 Å². The van der Waals surface area contributed by atoms with Crippen LogP contribution in [0.2, 0.25) is 0 Å². The fraction of sp³-hybridized carbons (Fsp3) is 0.250. The molecule has 0 atom stereocenters. The Morgan fingerprint density at radius 3 is 2.13 bits per heavy atom. The molecule has 0 bridgehead atoms. The van der Waals surface area contributed by atoms with E-state index in [1.807, 2.05) is 18.2 Å². The summed E-state index contributed by atoms with van der Waals surface area (Å²) in [5.74, 6) is -0.495. The van der Waals surface area contributed by atoms with Gasteiger partial charge in [0, 0.05) is 37.4 Å². The second-order valence-corrected chi connectivity index (χ2v) is 9.22. The lowest BCUT2D eigenvalue weighted by atomic mass is 10.0. The number of anilines is 1. The van der Waals surface area contributed by atoms with Crippen LogP contribution in [0.1, 0.15) is 15.9 Å². The van der Waals surface area contributed by atoms with E-state index in [1.54, 1.807) is 18.3 Å². The summed E-state index contributed by atoms with van der Waals surface area (Å²) in [6.45, 7) is 3.95. The predicted octanol–water partition coefficient (Wildman–Crippen LogP) is 5.16. The van der Waals surface area contributed by atoms with Gasteiger partial charge in [-0.2, -0.15) is 13.2 Å². The molecule has 1 aliphatic rings. The Kier molecular flexibility index (Phi) is 6.90. The molecule has 0 spiro atoms. The second-order valence-electron chi connectivity index (χ2n) is 9.22. The van der Waals surface area contributed by atoms with Gasteiger partial charge in [0.1, 0.15) is 5.69 Å². The highest BCUT2D eigenvalue weighted by Gasteiger charge is 2.30. The average molecular weight is 522 g/mol. The quantitative estimate of drug-likeness (QED) is 0.338. The molecule has 10 heteroatoms.